The lowest BCUT2D eigenvalue weighted by atomic mass is 10.1. The van der Waals surface area contributed by atoms with Gasteiger partial charge in [0.2, 0.25) is 5.91 Å². The van der Waals surface area contributed by atoms with Gasteiger partial charge in [-0.15, -0.1) is 0 Å². The van der Waals surface area contributed by atoms with Crippen LogP contribution in [0.4, 0.5) is 15.8 Å². The first-order valence-electron chi connectivity index (χ1n) is 8.52. The predicted octanol–water partition coefficient (Wildman–Crippen LogP) is 3.20. The number of nitrogens with one attached hydrogen (secondary N) is 1. The molecule has 1 aliphatic rings. The van der Waals surface area contributed by atoms with Crippen molar-refractivity contribution in [1.29, 1.82) is 0 Å². The van der Waals surface area contributed by atoms with Crippen LogP contribution in [-0.4, -0.2) is 22.7 Å². The molecule has 0 fully saturated rings. The van der Waals surface area contributed by atoms with Crippen LogP contribution in [0.2, 0.25) is 0 Å². The molecule has 4 rings (SSSR count). The molecule has 7 heteroatoms. The Bertz CT molecular complexity index is 1060. The number of halogens is 1. The van der Waals surface area contributed by atoms with Crippen molar-refractivity contribution in [3.05, 3.63) is 89.5 Å². The van der Waals surface area contributed by atoms with E-state index in [9.17, 15) is 18.8 Å². The maximum absolute atomic E-state index is 13.6. The van der Waals surface area contributed by atoms with E-state index < -0.39 is 17.6 Å². The number of carbonyl (C=O) groups is 3. The summed E-state index contributed by atoms with van der Waals surface area (Å²) in [6.45, 7) is 0. The van der Waals surface area contributed by atoms with Crippen molar-refractivity contribution in [2.75, 3.05) is 10.2 Å². The van der Waals surface area contributed by atoms with E-state index in [0.29, 0.717) is 16.9 Å². The van der Waals surface area contributed by atoms with E-state index in [2.05, 4.69) is 10.3 Å². The smallest absolute Gasteiger partial charge is 0.284 e. The number of fused-ring (bicyclic) bond motifs is 1. The number of imide groups is 1. The molecular formula is C21H14FN3O3. The van der Waals surface area contributed by atoms with Crippen LogP contribution in [0.5, 0.6) is 0 Å². The monoisotopic (exact) mass is 375 g/mol. The maximum atomic E-state index is 13.6. The maximum Gasteiger partial charge on any atom is 0.284 e. The molecule has 0 atom stereocenters. The average molecular weight is 375 g/mol. The number of carbonyl (C=O) groups excluding carboxylic acids is 3. The molecule has 0 spiro atoms. The molecule has 3 amide bonds. The number of benzene rings is 2. The van der Waals surface area contributed by atoms with E-state index in [1.54, 1.807) is 54.6 Å². The van der Waals surface area contributed by atoms with E-state index in [1.807, 2.05) is 0 Å². The summed E-state index contributed by atoms with van der Waals surface area (Å²) in [5.41, 5.74) is 1.53. The topological polar surface area (TPSA) is 79.4 Å². The number of aromatic nitrogens is 1. The van der Waals surface area contributed by atoms with Crippen molar-refractivity contribution < 1.29 is 18.8 Å². The molecule has 0 radical (unpaired) electrons. The summed E-state index contributed by atoms with van der Waals surface area (Å²) in [4.78, 5) is 42.0. The predicted molar refractivity (Wildman–Crippen MR) is 101 cm³/mol. The molecule has 138 valence electrons. The van der Waals surface area contributed by atoms with Gasteiger partial charge in [0.1, 0.15) is 11.5 Å². The summed E-state index contributed by atoms with van der Waals surface area (Å²) in [6, 6.07) is 15.5. The molecule has 0 saturated heterocycles. The number of hydrogen-bond acceptors (Lipinski definition) is 4. The molecule has 2 aromatic carbocycles. The lowest BCUT2D eigenvalue weighted by molar-refractivity contribution is -0.115. The number of hydrogen-bond donors (Lipinski definition) is 1. The summed E-state index contributed by atoms with van der Waals surface area (Å²) < 4.78 is 13.6. The van der Waals surface area contributed by atoms with Gasteiger partial charge in [-0.1, -0.05) is 18.2 Å². The van der Waals surface area contributed by atoms with Gasteiger partial charge in [0.25, 0.3) is 11.8 Å². The van der Waals surface area contributed by atoms with E-state index in [0.717, 1.165) is 4.90 Å². The number of amides is 3. The molecule has 1 N–H and O–H groups in total. The fourth-order valence-electron chi connectivity index (χ4n) is 3.02. The average Bonchev–Trinajstić information content (AvgIpc) is 2.95. The lowest BCUT2D eigenvalue weighted by Gasteiger charge is -2.14. The molecule has 6 nitrogen and oxygen atoms in total. The highest BCUT2D eigenvalue weighted by atomic mass is 19.1. The molecule has 0 unspecified atom stereocenters. The quantitative estimate of drug-likeness (QED) is 0.710. The van der Waals surface area contributed by atoms with E-state index in [1.165, 1.54) is 12.3 Å². The molecule has 1 aliphatic heterocycles. The Balaban J connectivity index is 1.48. The molecule has 0 saturated carbocycles. The van der Waals surface area contributed by atoms with Crippen molar-refractivity contribution in [2.45, 2.75) is 6.42 Å². The van der Waals surface area contributed by atoms with Crippen LogP contribution in [0.1, 0.15) is 26.4 Å². The number of nitrogens with zero attached hydrogens (tertiary/aromatic N) is 2. The summed E-state index contributed by atoms with van der Waals surface area (Å²) in [5, 5.41) is 2.67. The van der Waals surface area contributed by atoms with Crippen LogP contribution in [0.3, 0.4) is 0 Å². The van der Waals surface area contributed by atoms with Crippen LogP contribution in [0, 0.1) is 5.82 Å². The molecule has 2 heterocycles. The number of anilines is 2. The fourth-order valence-corrected chi connectivity index (χ4v) is 3.02. The molecule has 0 bridgehead atoms. The number of pyridine rings is 1. The van der Waals surface area contributed by atoms with Gasteiger partial charge < -0.3 is 5.32 Å². The summed E-state index contributed by atoms with van der Waals surface area (Å²) in [5.74, 6) is -1.74. The Morgan fingerprint density at radius 3 is 2.43 bits per heavy atom. The second-order valence-electron chi connectivity index (χ2n) is 6.21. The normalized spacial score (nSPS) is 12.8. The summed E-state index contributed by atoms with van der Waals surface area (Å²) in [6.07, 6.45) is 1.36. The van der Waals surface area contributed by atoms with E-state index in [4.69, 9.17) is 0 Å². The molecule has 0 aliphatic carbocycles. The van der Waals surface area contributed by atoms with Crippen LogP contribution in [0.25, 0.3) is 0 Å². The van der Waals surface area contributed by atoms with Gasteiger partial charge in [-0.05, 0) is 48.0 Å². The van der Waals surface area contributed by atoms with Gasteiger partial charge in [0.15, 0.2) is 0 Å². The highest BCUT2D eigenvalue weighted by Crippen LogP contribution is 2.28. The van der Waals surface area contributed by atoms with Gasteiger partial charge in [0.05, 0.1) is 17.7 Å². The second kappa shape index (κ2) is 7.03. The van der Waals surface area contributed by atoms with E-state index >= 15 is 0 Å². The Morgan fingerprint density at radius 2 is 1.71 bits per heavy atom. The summed E-state index contributed by atoms with van der Waals surface area (Å²) >= 11 is 0. The number of rotatable bonds is 4. The fraction of sp³-hybridized carbons (Fsp3) is 0.0476. The summed E-state index contributed by atoms with van der Waals surface area (Å²) in [7, 11) is 0. The third kappa shape index (κ3) is 3.14. The standard InChI is InChI=1S/C21H14FN3O3/c22-17-6-2-1-4-13(17)12-18(26)24-14-7-9-15(10-8-14)25-20(27)16-5-3-11-23-19(16)21(25)28/h1-11H,12H2,(H,24,26). The van der Waals surface area contributed by atoms with Crippen molar-refractivity contribution in [1.82, 2.24) is 4.98 Å². The SMILES string of the molecule is O=C(Cc1ccccc1F)Nc1ccc(N2C(=O)c3cccnc3C2=O)cc1. The second-order valence-corrected chi connectivity index (χ2v) is 6.21. The Kier molecular flexibility index (Phi) is 4.41. The largest absolute Gasteiger partial charge is 0.326 e. The molecule has 1 aromatic heterocycles. The zero-order chi connectivity index (χ0) is 19.7. The molecular weight excluding hydrogens is 361 g/mol. The van der Waals surface area contributed by atoms with E-state index in [-0.39, 0.29) is 23.6 Å². The van der Waals surface area contributed by atoms with Crippen molar-refractivity contribution >= 4 is 29.1 Å². The van der Waals surface area contributed by atoms with Crippen molar-refractivity contribution in [3.8, 4) is 0 Å². The van der Waals surface area contributed by atoms with Crippen LogP contribution < -0.4 is 10.2 Å². The Hall–Kier alpha value is -3.87. The van der Waals surface area contributed by atoms with Crippen molar-refractivity contribution in [2.24, 2.45) is 0 Å². The van der Waals surface area contributed by atoms with Crippen LogP contribution >= 0.6 is 0 Å². The minimum Gasteiger partial charge on any atom is -0.326 e. The first kappa shape index (κ1) is 17.5. The van der Waals surface area contributed by atoms with Gasteiger partial charge in [0, 0.05) is 11.9 Å². The highest BCUT2D eigenvalue weighted by Gasteiger charge is 2.37. The van der Waals surface area contributed by atoms with Gasteiger partial charge in [-0.25, -0.2) is 9.29 Å². The van der Waals surface area contributed by atoms with Gasteiger partial charge in [-0.2, -0.15) is 0 Å². The van der Waals surface area contributed by atoms with Crippen LogP contribution in [-0.2, 0) is 11.2 Å². The minimum absolute atomic E-state index is 0.0987. The first-order valence-corrected chi connectivity index (χ1v) is 8.52. The molecule has 28 heavy (non-hydrogen) atoms. The molecule has 3 aromatic rings. The highest BCUT2D eigenvalue weighted by molar-refractivity contribution is 6.33. The first-order chi connectivity index (χ1) is 13.5. The van der Waals surface area contributed by atoms with Gasteiger partial charge in [-0.3, -0.25) is 19.4 Å². The van der Waals surface area contributed by atoms with Crippen LogP contribution in [0.15, 0.2) is 66.9 Å². The lowest BCUT2D eigenvalue weighted by Crippen LogP contribution is -2.29. The minimum atomic E-state index is -0.489. The zero-order valence-corrected chi connectivity index (χ0v) is 14.6. The third-order valence-electron chi connectivity index (χ3n) is 4.36. The third-order valence-corrected chi connectivity index (χ3v) is 4.36. The Labute approximate surface area is 159 Å². The Morgan fingerprint density at radius 1 is 0.964 bits per heavy atom. The van der Waals surface area contributed by atoms with Gasteiger partial charge >= 0.3 is 0 Å². The zero-order valence-electron chi connectivity index (χ0n) is 14.6. The van der Waals surface area contributed by atoms with Crippen molar-refractivity contribution in [3.63, 3.8) is 0 Å².